The van der Waals surface area contributed by atoms with Crippen molar-refractivity contribution in [2.24, 2.45) is 0 Å². The van der Waals surface area contributed by atoms with E-state index in [1.54, 1.807) is 21.0 Å². The van der Waals surface area contributed by atoms with Crippen LogP contribution < -0.4 is 9.47 Å². The van der Waals surface area contributed by atoms with Gasteiger partial charge in [-0.1, -0.05) is 0 Å². The normalized spacial score (nSPS) is 14.5. The number of rotatable bonds is 8. The summed E-state index contributed by atoms with van der Waals surface area (Å²) in [4.78, 5) is 32.7. The van der Waals surface area contributed by atoms with E-state index in [-0.39, 0.29) is 12.0 Å². The number of aromatic nitrogens is 1. The van der Waals surface area contributed by atoms with Crippen LogP contribution in [0.5, 0.6) is 11.5 Å². The summed E-state index contributed by atoms with van der Waals surface area (Å²) in [6, 6.07) is 7.53. The highest BCUT2D eigenvalue weighted by atomic mass is 16.5. The van der Waals surface area contributed by atoms with Crippen LogP contribution in [0.3, 0.4) is 0 Å². The maximum atomic E-state index is 13.1. The van der Waals surface area contributed by atoms with Crippen LogP contribution in [-0.4, -0.2) is 79.2 Å². The topological polar surface area (TPSA) is 84.1 Å². The van der Waals surface area contributed by atoms with Gasteiger partial charge in [0.2, 0.25) is 0 Å². The van der Waals surface area contributed by atoms with Crippen LogP contribution in [0.4, 0.5) is 0 Å². The molecule has 0 spiro atoms. The van der Waals surface area contributed by atoms with Crippen LogP contribution in [-0.2, 0) is 4.74 Å². The molecule has 1 aliphatic rings. The minimum atomic E-state index is -0.396. The van der Waals surface area contributed by atoms with Gasteiger partial charge in [0.1, 0.15) is 23.8 Å². The molecule has 0 saturated carbocycles. The van der Waals surface area contributed by atoms with Crippen molar-refractivity contribution < 1.29 is 23.8 Å². The summed E-state index contributed by atoms with van der Waals surface area (Å²) in [5, 5.41) is 0. The highest BCUT2D eigenvalue weighted by molar-refractivity contribution is 6.00. The van der Waals surface area contributed by atoms with Crippen molar-refractivity contribution in [3.05, 3.63) is 46.8 Å². The zero-order valence-electron chi connectivity index (χ0n) is 19.6. The molecule has 0 aliphatic carbocycles. The Morgan fingerprint density at radius 3 is 2.25 bits per heavy atom. The van der Waals surface area contributed by atoms with Gasteiger partial charge in [-0.3, -0.25) is 9.69 Å². The minimum absolute atomic E-state index is 0.0803. The molecule has 0 unspecified atom stereocenters. The first-order valence-electron chi connectivity index (χ1n) is 11.0. The van der Waals surface area contributed by atoms with Crippen molar-refractivity contribution in [3.8, 4) is 11.5 Å². The first-order valence-corrected chi connectivity index (χ1v) is 11.0. The van der Waals surface area contributed by atoms with Gasteiger partial charge in [-0.05, 0) is 57.5 Å². The molecule has 0 bridgehead atoms. The molecule has 8 heteroatoms. The summed E-state index contributed by atoms with van der Waals surface area (Å²) in [5.74, 6) is 1.13. The van der Waals surface area contributed by atoms with Gasteiger partial charge in [0, 0.05) is 38.4 Å². The summed E-state index contributed by atoms with van der Waals surface area (Å²) in [5.41, 5.74) is 2.23. The number of esters is 1. The number of hydrogen-bond acceptors (Lipinski definition) is 6. The molecular formula is C24H33N3O5. The second-order valence-electron chi connectivity index (χ2n) is 8.24. The molecule has 1 fully saturated rings. The summed E-state index contributed by atoms with van der Waals surface area (Å²) in [6.07, 6.45) is -0.211. The molecule has 1 aromatic heterocycles. The van der Waals surface area contributed by atoms with Gasteiger partial charge in [0.15, 0.2) is 0 Å². The van der Waals surface area contributed by atoms with Gasteiger partial charge in [0.25, 0.3) is 5.91 Å². The van der Waals surface area contributed by atoms with Gasteiger partial charge in [-0.25, -0.2) is 4.79 Å². The summed E-state index contributed by atoms with van der Waals surface area (Å²) in [6.45, 7) is 11.4. The molecule has 2 heterocycles. The molecule has 1 aromatic carbocycles. The lowest BCUT2D eigenvalue weighted by Gasteiger charge is -2.34. The SMILES string of the molecule is COc1ccc(OCCN2CCN(C(=O)c3[nH]c(C)c(C(=O)OC(C)C)c3C)CC2)cc1. The number of nitrogens with one attached hydrogen (secondary N) is 1. The first-order chi connectivity index (χ1) is 15.3. The maximum Gasteiger partial charge on any atom is 0.340 e. The number of piperazine rings is 1. The molecule has 0 radical (unpaired) electrons. The number of hydrogen-bond donors (Lipinski definition) is 1. The van der Waals surface area contributed by atoms with Crippen molar-refractivity contribution >= 4 is 11.9 Å². The lowest BCUT2D eigenvalue weighted by Crippen LogP contribution is -2.49. The fourth-order valence-corrected chi connectivity index (χ4v) is 3.84. The molecule has 174 valence electrons. The Hall–Kier alpha value is -3.00. The van der Waals surface area contributed by atoms with E-state index < -0.39 is 5.97 Å². The molecule has 1 amide bonds. The summed E-state index contributed by atoms with van der Waals surface area (Å²) < 4.78 is 16.3. The molecule has 0 atom stereocenters. The van der Waals surface area contributed by atoms with E-state index in [1.165, 1.54) is 0 Å². The minimum Gasteiger partial charge on any atom is -0.497 e. The van der Waals surface area contributed by atoms with E-state index >= 15 is 0 Å². The van der Waals surface area contributed by atoms with Crippen LogP contribution in [0.2, 0.25) is 0 Å². The third kappa shape index (κ3) is 5.62. The average Bonchev–Trinajstić information content (AvgIpc) is 3.07. The van der Waals surface area contributed by atoms with E-state index in [9.17, 15) is 9.59 Å². The van der Waals surface area contributed by atoms with Gasteiger partial charge in [-0.15, -0.1) is 0 Å². The number of aryl methyl sites for hydroxylation is 1. The molecule has 1 saturated heterocycles. The zero-order valence-corrected chi connectivity index (χ0v) is 19.6. The monoisotopic (exact) mass is 443 g/mol. The number of nitrogens with zero attached hydrogens (tertiary/aromatic N) is 2. The summed E-state index contributed by atoms with van der Waals surface area (Å²) in [7, 11) is 1.64. The Morgan fingerprint density at radius 2 is 1.66 bits per heavy atom. The van der Waals surface area contributed by atoms with Crippen LogP contribution in [0.1, 0.15) is 46.0 Å². The van der Waals surface area contributed by atoms with Crippen LogP contribution >= 0.6 is 0 Å². The third-order valence-electron chi connectivity index (χ3n) is 5.59. The van der Waals surface area contributed by atoms with Crippen molar-refractivity contribution in [1.29, 1.82) is 0 Å². The molecule has 32 heavy (non-hydrogen) atoms. The second-order valence-corrected chi connectivity index (χ2v) is 8.24. The number of H-pyrrole nitrogens is 1. The average molecular weight is 444 g/mol. The predicted octanol–water partition coefficient (Wildman–Crippen LogP) is 3.04. The molecule has 8 nitrogen and oxygen atoms in total. The number of ether oxygens (including phenoxy) is 3. The molecule has 1 N–H and O–H groups in total. The summed E-state index contributed by atoms with van der Waals surface area (Å²) >= 11 is 0. The molecule has 1 aliphatic heterocycles. The number of aromatic amines is 1. The number of methoxy groups -OCH3 is 1. The van der Waals surface area contributed by atoms with Crippen molar-refractivity contribution in [2.75, 3.05) is 46.4 Å². The van der Waals surface area contributed by atoms with E-state index in [1.807, 2.05) is 43.0 Å². The van der Waals surface area contributed by atoms with Crippen molar-refractivity contribution in [3.63, 3.8) is 0 Å². The number of carbonyl (C=O) groups excluding carboxylic acids is 2. The van der Waals surface area contributed by atoms with E-state index in [0.29, 0.717) is 42.2 Å². The first kappa shape index (κ1) is 23.7. The van der Waals surface area contributed by atoms with Crippen molar-refractivity contribution in [1.82, 2.24) is 14.8 Å². The van der Waals surface area contributed by atoms with E-state index in [4.69, 9.17) is 14.2 Å². The molecular weight excluding hydrogens is 410 g/mol. The Kier molecular flexibility index (Phi) is 7.80. The zero-order chi connectivity index (χ0) is 23.3. The quantitative estimate of drug-likeness (QED) is 0.632. The highest BCUT2D eigenvalue weighted by Gasteiger charge is 2.28. The highest BCUT2D eigenvalue weighted by Crippen LogP contribution is 2.22. The van der Waals surface area contributed by atoms with Gasteiger partial charge in [-0.2, -0.15) is 0 Å². The predicted molar refractivity (Wildman–Crippen MR) is 122 cm³/mol. The Balaban J connectivity index is 1.50. The Bertz CT molecular complexity index is 928. The van der Waals surface area contributed by atoms with Crippen molar-refractivity contribution in [2.45, 2.75) is 33.8 Å². The van der Waals surface area contributed by atoms with Gasteiger partial charge in [0.05, 0.1) is 18.8 Å². The Labute approximate surface area is 189 Å². The van der Waals surface area contributed by atoms with Gasteiger partial charge >= 0.3 is 5.97 Å². The standard InChI is InChI=1S/C24H33N3O5/c1-16(2)32-24(29)21-17(3)22(25-18(21)4)23(28)27-12-10-26(11-13-27)14-15-31-20-8-6-19(30-5)7-9-20/h6-9,16,25H,10-15H2,1-5H3. The maximum absolute atomic E-state index is 13.1. The lowest BCUT2D eigenvalue weighted by molar-refractivity contribution is 0.0376. The number of benzene rings is 1. The van der Waals surface area contributed by atoms with Gasteiger partial charge < -0.3 is 24.1 Å². The van der Waals surface area contributed by atoms with E-state index in [0.717, 1.165) is 31.1 Å². The van der Waals surface area contributed by atoms with Crippen LogP contribution in [0.25, 0.3) is 0 Å². The Morgan fingerprint density at radius 1 is 1.03 bits per heavy atom. The molecule has 2 aromatic rings. The third-order valence-corrected chi connectivity index (χ3v) is 5.59. The number of amides is 1. The second kappa shape index (κ2) is 10.5. The van der Waals surface area contributed by atoms with Crippen LogP contribution in [0, 0.1) is 13.8 Å². The fraction of sp³-hybridized carbons (Fsp3) is 0.500. The van der Waals surface area contributed by atoms with Crippen LogP contribution in [0.15, 0.2) is 24.3 Å². The fourth-order valence-electron chi connectivity index (χ4n) is 3.84. The largest absolute Gasteiger partial charge is 0.497 e. The smallest absolute Gasteiger partial charge is 0.340 e. The lowest BCUT2D eigenvalue weighted by atomic mass is 10.1. The van der Waals surface area contributed by atoms with E-state index in [2.05, 4.69) is 9.88 Å². The number of carbonyl (C=O) groups is 2. The molecule has 3 rings (SSSR count).